The van der Waals surface area contributed by atoms with E-state index in [1.165, 1.54) is 11.8 Å². The van der Waals surface area contributed by atoms with Crippen molar-refractivity contribution < 1.29 is 4.52 Å². The number of fused-ring (bicyclic) bond motifs is 1. The lowest BCUT2D eigenvalue weighted by Gasteiger charge is -2.18. The second-order valence-corrected chi connectivity index (χ2v) is 8.71. The van der Waals surface area contributed by atoms with E-state index in [1.54, 1.807) is 12.1 Å². The lowest BCUT2D eigenvalue weighted by atomic mass is 10.2. The second kappa shape index (κ2) is 8.24. The molecule has 152 valence electrons. The third-order valence-electron chi connectivity index (χ3n) is 5.36. The molecule has 0 atom stereocenters. The molecule has 2 aromatic carbocycles. The summed E-state index contributed by atoms with van der Waals surface area (Å²) in [5, 5.41) is 6.09. The molecule has 30 heavy (non-hydrogen) atoms. The molecular formula is C22H19ClN4O2S. The summed E-state index contributed by atoms with van der Waals surface area (Å²) >= 11 is 7.40. The van der Waals surface area contributed by atoms with Gasteiger partial charge in [-0.05, 0) is 49.2 Å². The smallest absolute Gasteiger partial charge is 0.262 e. The Hall–Kier alpha value is -2.64. The maximum atomic E-state index is 13.2. The summed E-state index contributed by atoms with van der Waals surface area (Å²) in [6.45, 7) is 0. The molecule has 8 heteroatoms. The van der Waals surface area contributed by atoms with Gasteiger partial charge in [0.2, 0.25) is 11.7 Å². The Morgan fingerprint density at radius 2 is 1.83 bits per heavy atom. The summed E-state index contributed by atoms with van der Waals surface area (Å²) in [7, 11) is 0. The average molecular weight is 439 g/mol. The van der Waals surface area contributed by atoms with Gasteiger partial charge in [-0.25, -0.2) is 4.98 Å². The molecule has 0 bridgehead atoms. The maximum absolute atomic E-state index is 13.2. The van der Waals surface area contributed by atoms with Crippen molar-refractivity contribution in [2.75, 3.05) is 0 Å². The topological polar surface area (TPSA) is 73.8 Å². The summed E-state index contributed by atoms with van der Waals surface area (Å²) in [4.78, 5) is 22.5. The molecule has 4 aromatic rings. The molecule has 0 unspecified atom stereocenters. The van der Waals surface area contributed by atoms with Crippen LogP contribution in [0.2, 0.25) is 5.02 Å². The lowest BCUT2D eigenvalue weighted by molar-refractivity contribution is 0.391. The normalized spacial score (nSPS) is 14.6. The van der Waals surface area contributed by atoms with Crippen LogP contribution >= 0.6 is 23.4 Å². The van der Waals surface area contributed by atoms with E-state index in [-0.39, 0.29) is 11.6 Å². The number of nitrogens with zero attached hydrogens (tertiary/aromatic N) is 4. The summed E-state index contributed by atoms with van der Waals surface area (Å²) < 4.78 is 7.30. The fourth-order valence-corrected chi connectivity index (χ4v) is 4.90. The first-order valence-electron chi connectivity index (χ1n) is 9.91. The first-order chi connectivity index (χ1) is 14.7. The van der Waals surface area contributed by atoms with Gasteiger partial charge in [-0.15, -0.1) is 0 Å². The molecule has 0 spiro atoms. The SMILES string of the molecule is O=c1c2ccccc2nc(SCc2nc(-c3ccc(Cl)cc3)no2)n1C1CCCC1. The molecule has 2 heterocycles. The van der Waals surface area contributed by atoms with Crippen molar-refractivity contribution in [1.29, 1.82) is 0 Å². The van der Waals surface area contributed by atoms with Crippen LogP contribution in [0.1, 0.15) is 37.6 Å². The van der Waals surface area contributed by atoms with Crippen LogP contribution in [0.3, 0.4) is 0 Å². The third-order valence-corrected chi connectivity index (χ3v) is 6.55. The molecule has 0 amide bonds. The Kier molecular flexibility index (Phi) is 5.31. The van der Waals surface area contributed by atoms with Crippen LogP contribution in [0.15, 0.2) is 63.0 Å². The Morgan fingerprint density at radius 1 is 1.07 bits per heavy atom. The van der Waals surface area contributed by atoms with Crippen LogP contribution < -0.4 is 5.56 Å². The standard InChI is InChI=1S/C22H19ClN4O2S/c23-15-11-9-14(10-12-15)20-25-19(29-26-20)13-30-22-24-18-8-4-3-7-17(18)21(28)27(22)16-5-1-2-6-16/h3-4,7-12,16H,1-2,5-6,13H2. The van der Waals surface area contributed by atoms with Crippen molar-refractivity contribution in [3.63, 3.8) is 0 Å². The van der Waals surface area contributed by atoms with Gasteiger partial charge >= 0.3 is 0 Å². The second-order valence-electron chi connectivity index (χ2n) is 7.33. The zero-order valence-corrected chi connectivity index (χ0v) is 17.7. The highest BCUT2D eigenvalue weighted by molar-refractivity contribution is 7.98. The molecular weight excluding hydrogens is 420 g/mol. The third kappa shape index (κ3) is 3.75. The van der Waals surface area contributed by atoms with Crippen LogP contribution in [0.25, 0.3) is 22.3 Å². The van der Waals surface area contributed by atoms with Crippen LogP contribution in [-0.2, 0) is 5.75 Å². The van der Waals surface area contributed by atoms with Crippen LogP contribution in [-0.4, -0.2) is 19.7 Å². The summed E-state index contributed by atoms with van der Waals surface area (Å²) in [6.07, 6.45) is 4.30. The van der Waals surface area contributed by atoms with Crippen molar-refractivity contribution in [2.45, 2.75) is 42.6 Å². The Morgan fingerprint density at radius 3 is 2.63 bits per heavy atom. The van der Waals surface area contributed by atoms with E-state index in [0.29, 0.717) is 38.5 Å². The van der Waals surface area contributed by atoms with Crippen molar-refractivity contribution in [3.05, 3.63) is 69.8 Å². The molecule has 0 saturated heterocycles. The minimum absolute atomic E-state index is 0.0300. The molecule has 1 aliphatic rings. The van der Waals surface area contributed by atoms with E-state index in [0.717, 1.165) is 31.2 Å². The number of para-hydroxylation sites is 1. The number of halogens is 1. The number of hydrogen-bond donors (Lipinski definition) is 0. The zero-order chi connectivity index (χ0) is 20.5. The quantitative estimate of drug-likeness (QED) is 0.302. The van der Waals surface area contributed by atoms with Crippen LogP contribution in [0.5, 0.6) is 0 Å². The highest BCUT2D eigenvalue weighted by Gasteiger charge is 2.23. The van der Waals surface area contributed by atoms with Crippen LogP contribution in [0.4, 0.5) is 0 Å². The van der Waals surface area contributed by atoms with E-state index in [1.807, 2.05) is 41.0 Å². The number of thioether (sulfide) groups is 1. The number of benzene rings is 2. The molecule has 5 rings (SSSR count). The summed E-state index contributed by atoms with van der Waals surface area (Å²) in [6, 6.07) is 15.0. The summed E-state index contributed by atoms with van der Waals surface area (Å²) in [5.74, 6) is 1.45. The largest absolute Gasteiger partial charge is 0.338 e. The Bertz CT molecular complexity index is 1250. The fourth-order valence-electron chi connectivity index (χ4n) is 3.87. The fraction of sp³-hybridized carbons (Fsp3) is 0.273. The first-order valence-corrected chi connectivity index (χ1v) is 11.3. The van der Waals surface area contributed by atoms with Gasteiger partial charge in [0.15, 0.2) is 5.16 Å². The van der Waals surface area contributed by atoms with E-state index < -0.39 is 0 Å². The minimum Gasteiger partial charge on any atom is -0.338 e. The van der Waals surface area contributed by atoms with Gasteiger partial charge in [0, 0.05) is 16.6 Å². The predicted molar refractivity (Wildman–Crippen MR) is 118 cm³/mol. The number of rotatable bonds is 5. The van der Waals surface area contributed by atoms with Crippen molar-refractivity contribution in [2.24, 2.45) is 0 Å². The van der Waals surface area contributed by atoms with Gasteiger partial charge in [-0.1, -0.05) is 53.5 Å². The van der Waals surface area contributed by atoms with Gasteiger partial charge < -0.3 is 4.52 Å². The molecule has 0 aliphatic heterocycles. The Balaban J connectivity index is 1.44. The van der Waals surface area contributed by atoms with Crippen molar-refractivity contribution >= 4 is 34.3 Å². The molecule has 1 aliphatic carbocycles. The predicted octanol–water partition coefficient (Wildman–Crippen LogP) is 5.51. The number of aromatic nitrogens is 4. The minimum atomic E-state index is 0.0300. The van der Waals surface area contributed by atoms with Crippen molar-refractivity contribution in [1.82, 2.24) is 19.7 Å². The van der Waals surface area contributed by atoms with Gasteiger partial charge in [-0.3, -0.25) is 9.36 Å². The highest BCUT2D eigenvalue weighted by Crippen LogP contribution is 2.33. The van der Waals surface area contributed by atoms with E-state index in [9.17, 15) is 4.79 Å². The van der Waals surface area contributed by atoms with E-state index in [4.69, 9.17) is 21.1 Å². The molecule has 0 N–H and O–H groups in total. The monoisotopic (exact) mass is 438 g/mol. The van der Waals surface area contributed by atoms with Gasteiger partial charge in [-0.2, -0.15) is 4.98 Å². The number of hydrogen-bond acceptors (Lipinski definition) is 6. The average Bonchev–Trinajstić information content (AvgIpc) is 3.45. The first kappa shape index (κ1) is 19.3. The molecule has 6 nitrogen and oxygen atoms in total. The zero-order valence-electron chi connectivity index (χ0n) is 16.1. The van der Waals surface area contributed by atoms with E-state index >= 15 is 0 Å². The van der Waals surface area contributed by atoms with Gasteiger partial charge in [0.25, 0.3) is 5.56 Å². The van der Waals surface area contributed by atoms with Crippen LogP contribution in [0, 0.1) is 0 Å². The molecule has 2 aromatic heterocycles. The highest BCUT2D eigenvalue weighted by atomic mass is 35.5. The van der Waals surface area contributed by atoms with Crippen molar-refractivity contribution in [3.8, 4) is 11.4 Å². The Labute approximate surface area is 182 Å². The molecule has 1 saturated carbocycles. The molecule has 1 fully saturated rings. The molecule has 0 radical (unpaired) electrons. The van der Waals surface area contributed by atoms with Gasteiger partial charge in [0.1, 0.15) is 0 Å². The van der Waals surface area contributed by atoms with E-state index in [2.05, 4.69) is 10.1 Å². The van der Waals surface area contributed by atoms with Gasteiger partial charge in [0.05, 0.1) is 16.7 Å². The summed E-state index contributed by atoms with van der Waals surface area (Å²) in [5.41, 5.74) is 1.58. The lowest BCUT2D eigenvalue weighted by Crippen LogP contribution is -2.26. The maximum Gasteiger partial charge on any atom is 0.262 e.